The second-order valence-electron chi connectivity index (χ2n) is 3.73. The quantitative estimate of drug-likeness (QED) is 0.699. The Labute approximate surface area is 82.8 Å². The summed E-state index contributed by atoms with van der Waals surface area (Å²) in [6, 6.07) is 0. The van der Waals surface area contributed by atoms with E-state index in [1.807, 2.05) is 18.2 Å². The fourth-order valence-electron chi connectivity index (χ4n) is 1.91. The van der Waals surface area contributed by atoms with Crippen LogP contribution < -0.4 is 5.32 Å². The van der Waals surface area contributed by atoms with Gasteiger partial charge in [0.05, 0.1) is 5.41 Å². The fraction of sp³-hybridized carbons (Fsp3) is 0.364. The zero-order valence-electron chi connectivity index (χ0n) is 7.86. The lowest BCUT2D eigenvalue weighted by Gasteiger charge is -2.38. The van der Waals surface area contributed by atoms with Crippen LogP contribution in [-0.2, 0) is 4.79 Å². The molecule has 0 unspecified atom stereocenters. The molecule has 0 aromatic heterocycles. The van der Waals surface area contributed by atoms with E-state index in [2.05, 4.69) is 5.32 Å². The molecule has 0 amide bonds. The van der Waals surface area contributed by atoms with Gasteiger partial charge in [-0.3, -0.25) is 4.79 Å². The molecule has 1 fully saturated rings. The highest BCUT2D eigenvalue weighted by Crippen LogP contribution is 2.47. The second-order valence-corrected chi connectivity index (χ2v) is 3.73. The second kappa shape index (κ2) is 3.33. The molecule has 1 heterocycles. The van der Waals surface area contributed by atoms with Crippen LogP contribution in [0, 0.1) is 5.41 Å². The standard InChI is InChI=1S/C11H13NO2/c13-10(14)11(5-3-6-11)9-4-1-2-7-12-8-9/h1-2,4,7-8,12H,3,5-6H2,(H,13,14). The Kier molecular flexibility index (Phi) is 2.15. The van der Waals surface area contributed by atoms with Gasteiger partial charge in [-0.25, -0.2) is 0 Å². The van der Waals surface area contributed by atoms with Crippen LogP contribution in [0.1, 0.15) is 19.3 Å². The van der Waals surface area contributed by atoms with Crippen LogP contribution >= 0.6 is 0 Å². The van der Waals surface area contributed by atoms with Crippen molar-refractivity contribution in [2.24, 2.45) is 5.41 Å². The van der Waals surface area contributed by atoms with Gasteiger partial charge in [0, 0.05) is 12.4 Å². The molecule has 0 radical (unpaired) electrons. The first-order valence-corrected chi connectivity index (χ1v) is 4.79. The highest BCUT2D eigenvalue weighted by Gasteiger charge is 2.46. The van der Waals surface area contributed by atoms with Gasteiger partial charge in [0.1, 0.15) is 0 Å². The van der Waals surface area contributed by atoms with Crippen LogP contribution in [-0.4, -0.2) is 11.1 Å². The van der Waals surface area contributed by atoms with Crippen molar-refractivity contribution in [1.82, 2.24) is 5.32 Å². The first-order chi connectivity index (χ1) is 6.76. The average Bonchev–Trinajstić information content (AvgIpc) is 2.30. The molecule has 0 bridgehead atoms. The molecule has 3 heteroatoms. The van der Waals surface area contributed by atoms with E-state index < -0.39 is 11.4 Å². The van der Waals surface area contributed by atoms with Gasteiger partial charge in [-0.1, -0.05) is 18.6 Å². The summed E-state index contributed by atoms with van der Waals surface area (Å²) in [6.07, 6.45) is 11.7. The Morgan fingerprint density at radius 3 is 2.79 bits per heavy atom. The van der Waals surface area contributed by atoms with Crippen LogP contribution in [0.25, 0.3) is 0 Å². The van der Waals surface area contributed by atoms with Gasteiger partial charge in [0.2, 0.25) is 0 Å². The molecule has 2 aliphatic rings. The number of carbonyl (C=O) groups is 1. The van der Waals surface area contributed by atoms with E-state index in [1.54, 1.807) is 12.4 Å². The number of nitrogens with one attached hydrogen (secondary N) is 1. The molecule has 2 rings (SSSR count). The minimum absolute atomic E-state index is 0.629. The molecular formula is C11H13NO2. The van der Waals surface area contributed by atoms with Gasteiger partial charge in [-0.05, 0) is 24.5 Å². The van der Waals surface area contributed by atoms with Crippen molar-refractivity contribution in [2.45, 2.75) is 19.3 Å². The Morgan fingerprint density at radius 1 is 1.43 bits per heavy atom. The molecule has 3 nitrogen and oxygen atoms in total. The number of allylic oxidation sites excluding steroid dienone is 3. The van der Waals surface area contributed by atoms with Gasteiger partial charge in [-0.15, -0.1) is 0 Å². The van der Waals surface area contributed by atoms with Crippen molar-refractivity contribution >= 4 is 5.97 Å². The highest BCUT2D eigenvalue weighted by molar-refractivity contribution is 5.80. The molecule has 0 spiro atoms. The zero-order chi connectivity index (χ0) is 10.0. The summed E-state index contributed by atoms with van der Waals surface area (Å²) in [5.74, 6) is -0.705. The van der Waals surface area contributed by atoms with Crippen molar-refractivity contribution in [2.75, 3.05) is 0 Å². The Balaban J connectivity index is 2.28. The molecule has 0 atom stereocenters. The summed E-state index contributed by atoms with van der Waals surface area (Å²) in [7, 11) is 0. The number of hydrogen-bond donors (Lipinski definition) is 2. The van der Waals surface area contributed by atoms with Crippen molar-refractivity contribution in [1.29, 1.82) is 0 Å². The number of hydrogen-bond acceptors (Lipinski definition) is 2. The van der Waals surface area contributed by atoms with E-state index in [1.165, 1.54) is 0 Å². The largest absolute Gasteiger partial charge is 0.481 e. The number of aliphatic carboxylic acids is 1. The van der Waals surface area contributed by atoms with Crippen LogP contribution in [0.5, 0.6) is 0 Å². The maximum Gasteiger partial charge on any atom is 0.314 e. The monoisotopic (exact) mass is 191 g/mol. The van der Waals surface area contributed by atoms with Crippen molar-refractivity contribution in [3.05, 3.63) is 36.2 Å². The third-order valence-electron chi connectivity index (χ3n) is 2.99. The topological polar surface area (TPSA) is 49.3 Å². The van der Waals surface area contributed by atoms with E-state index in [4.69, 9.17) is 0 Å². The summed E-state index contributed by atoms with van der Waals surface area (Å²) >= 11 is 0. The molecule has 0 saturated heterocycles. The molecule has 1 saturated carbocycles. The Morgan fingerprint density at radius 2 is 2.21 bits per heavy atom. The predicted octanol–water partition coefficient (Wildman–Crippen LogP) is 1.80. The summed E-state index contributed by atoms with van der Waals surface area (Å²) in [5, 5.41) is 12.2. The van der Waals surface area contributed by atoms with Gasteiger partial charge in [0.15, 0.2) is 0 Å². The van der Waals surface area contributed by atoms with Gasteiger partial charge >= 0.3 is 5.97 Å². The molecule has 0 aromatic carbocycles. The highest BCUT2D eigenvalue weighted by atomic mass is 16.4. The Bertz CT molecular complexity index is 335. The lowest BCUT2D eigenvalue weighted by atomic mass is 9.64. The minimum atomic E-state index is -0.705. The first-order valence-electron chi connectivity index (χ1n) is 4.79. The van der Waals surface area contributed by atoms with E-state index in [-0.39, 0.29) is 0 Å². The van der Waals surface area contributed by atoms with E-state index >= 15 is 0 Å². The molecule has 2 N–H and O–H groups in total. The van der Waals surface area contributed by atoms with E-state index in [9.17, 15) is 9.90 Å². The number of carboxylic acids is 1. The van der Waals surface area contributed by atoms with Crippen molar-refractivity contribution in [3.8, 4) is 0 Å². The third-order valence-corrected chi connectivity index (χ3v) is 2.99. The van der Waals surface area contributed by atoms with Gasteiger partial charge in [0.25, 0.3) is 0 Å². The molecule has 0 aromatic rings. The lowest BCUT2D eigenvalue weighted by Crippen LogP contribution is -2.39. The fourth-order valence-corrected chi connectivity index (χ4v) is 1.91. The summed E-state index contributed by atoms with van der Waals surface area (Å²) < 4.78 is 0. The van der Waals surface area contributed by atoms with Crippen molar-refractivity contribution in [3.63, 3.8) is 0 Å². The predicted molar refractivity (Wildman–Crippen MR) is 53.4 cm³/mol. The minimum Gasteiger partial charge on any atom is -0.481 e. The zero-order valence-corrected chi connectivity index (χ0v) is 7.86. The van der Waals surface area contributed by atoms with Crippen LogP contribution in [0.2, 0.25) is 0 Å². The van der Waals surface area contributed by atoms with Crippen LogP contribution in [0.4, 0.5) is 0 Å². The van der Waals surface area contributed by atoms with E-state index in [0.29, 0.717) is 0 Å². The van der Waals surface area contributed by atoms with Gasteiger partial charge < -0.3 is 10.4 Å². The van der Waals surface area contributed by atoms with Crippen molar-refractivity contribution < 1.29 is 9.90 Å². The van der Waals surface area contributed by atoms with Crippen LogP contribution in [0.15, 0.2) is 36.2 Å². The summed E-state index contributed by atoms with van der Waals surface area (Å²) in [6.45, 7) is 0. The average molecular weight is 191 g/mol. The normalized spacial score (nSPS) is 23.0. The summed E-state index contributed by atoms with van der Waals surface area (Å²) in [5.41, 5.74) is 0.247. The number of carboxylic acid groups (broad SMARTS) is 1. The molecular weight excluding hydrogens is 178 g/mol. The number of rotatable bonds is 2. The lowest BCUT2D eigenvalue weighted by molar-refractivity contribution is -0.150. The first kappa shape index (κ1) is 9.06. The molecule has 1 aliphatic carbocycles. The maximum absolute atomic E-state index is 11.2. The molecule has 74 valence electrons. The SMILES string of the molecule is O=C(O)C1(C2=CNC=CC=C2)CCC1. The van der Waals surface area contributed by atoms with Crippen LogP contribution in [0.3, 0.4) is 0 Å². The summed E-state index contributed by atoms with van der Waals surface area (Å²) in [4.78, 5) is 11.2. The molecule has 14 heavy (non-hydrogen) atoms. The third kappa shape index (κ3) is 1.25. The van der Waals surface area contributed by atoms with E-state index in [0.717, 1.165) is 24.8 Å². The maximum atomic E-state index is 11.2. The molecule has 1 aliphatic heterocycles. The Hall–Kier alpha value is -1.51. The van der Waals surface area contributed by atoms with Gasteiger partial charge in [-0.2, -0.15) is 0 Å². The smallest absolute Gasteiger partial charge is 0.314 e.